The Bertz CT molecular complexity index is 573. The third kappa shape index (κ3) is 3.28. The molecule has 0 saturated carbocycles. The van der Waals surface area contributed by atoms with Crippen LogP contribution in [0.1, 0.15) is 29.3 Å². The van der Waals surface area contributed by atoms with Gasteiger partial charge in [0.05, 0.1) is 10.5 Å². The maximum Gasteiger partial charge on any atom is 0.326 e. The van der Waals surface area contributed by atoms with E-state index in [1.165, 1.54) is 13.8 Å². The first-order chi connectivity index (χ1) is 9.27. The van der Waals surface area contributed by atoms with Gasteiger partial charge in [-0.25, -0.2) is 9.18 Å². The highest BCUT2D eigenvalue weighted by Gasteiger charge is 2.23. The maximum absolute atomic E-state index is 13.8. The third-order valence-corrected chi connectivity index (χ3v) is 2.71. The Kier molecular flexibility index (Phi) is 4.73. The zero-order chi connectivity index (χ0) is 15.4. The summed E-state index contributed by atoms with van der Waals surface area (Å²) in [5.41, 5.74) is -1.04. The van der Waals surface area contributed by atoms with Crippen LogP contribution < -0.4 is 5.32 Å². The van der Waals surface area contributed by atoms with E-state index in [-0.39, 0.29) is 12.0 Å². The lowest BCUT2D eigenvalue weighted by Crippen LogP contribution is -2.40. The highest BCUT2D eigenvalue weighted by molar-refractivity contribution is 5.97. The zero-order valence-corrected chi connectivity index (χ0v) is 10.8. The summed E-state index contributed by atoms with van der Waals surface area (Å²) in [7, 11) is 0. The van der Waals surface area contributed by atoms with Crippen LogP contribution >= 0.6 is 0 Å². The predicted octanol–water partition coefficient (Wildman–Crippen LogP) is 1.64. The Hall–Kier alpha value is -2.51. The van der Waals surface area contributed by atoms with Crippen molar-refractivity contribution in [3.05, 3.63) is 39.2 Å². The molecule has 0 aliphatic carbocycles. The largest absolute Gasteiger partial charge is 0.480 e. The number of non-ortho nitro benzene ring substituents is 1. The van der Waals surface area contributed by atoms with Gasteiger partial charge in [-0.3, -0.25) is 14.9 Å². The first-order valence-electron chi connectivity index (χ1n) is 5.76. The number of hydrogen-bond acceptors (Lipinski definition) is 4. The number of carboxylic acids is 1. The lowest BCUT2D eigenvalue weighted by molar-refractivity contribution is -0.385. The topological polar surface area (TPSA) is 110 Å². The second-order valence-electron chi connectivity index (χ2n) is 4.15. The van der Waals surface area contributed by atoms with E-state index in [4.69, 9.17) is 5.11 Å². The van der Waals surface area contributed by atoms with Crippen molar-refractivity contribution in [2.45, 2.75) is 26.3 Å². The summed E-state index contributed by atoms with van der Waals surface area (Å²) in [5.74, 6) is -3.17. The van der Waals surface area contributed by atoms with Crippen LogP contribution in [0.5, 0.6) is 0 Å². The van der Waals surface area contributed by atoms with Gasteiger partial charge >= 0.3 is 5.97 Å². The molecule has 0 saturated heterocycles. The van der Waals surface area contributed by atoms with Crippen LogP contribution in [0.25, 0.3) is 0 Å². The number of halogens is 1. The number of carbonyl (C=O) groups is 2. The van der Waals surface area contributed by atoms with Gasteiger partial charge in [-0.1, -0.05) is 6.92 Å². The molecule has 108 valence electrons. The Morgan fingerprint density at radius 2 is 2.10 bits per heavy atom. The number of nitro benzene ring substituents is 1. The number of aryl methyl sites for hydroxylation is 1. The van der Waals surface area contributed by atoms with E-state index in [2.05, 4.69) is 5.32 Å². The second-order valence-corrected chi connectivity index (χ2v) is 4.15. The zero-order valence-electron chi connectivity index (χ0n) is 10.8. The van der Waals surface area contributed by atoms with Crippen LogP contribution in [0.4, 0.5) is 10.1 Å². The molecule has 0 bridgehead atoms. The minimum atomic E-state index is -1.26. The fraction of sp³-hybridized carbons (Fsp3) is 0.333. The molecule has 20 heavy (non-hydrogen) atoms. The molecule has 0 radical (unpaired) electrons. The molecule has 0 aromatic heterocycles. The first kappa shape index (κ1) is 15.5. The van der Waals surface area contributed by atoms with Crippen molar-refractivity contribution in [1.29, 1.82) is 0 Å². The molecular weight excluding hydrogens is 271 g/mol. The Labute approximate surface area is 113 Å². The van der Waals surface area contributed by atoms with E-state index in [1.807, 2.05) is 0 Å². The number of amides is 1. The van der Waals surface area contributed by atoms with Gasteiger partial charge in [0.1, 0.15) is 11.9 Å². The maximum atomic E-state index is 13.8. The van der Waals surface area contributed by atoms with Crippen molar-refractivity contribution in [3.63, 3.8) is 0 Å². The van der Waals surface area contributed by atoms with Crippen LogP contribution in [-0.2, 0) is 4.79 Å². The molecule has 1 aromatic carbocycles. The number of rotatable bonds is 5. The summed E-state index contributed by atoms with van der Waals surface area (Å²) in [5, 5.41) is 21.6. The molecule has 0 aliphatic rings. The molecule has 0 fully saturated rings. The quantitative estimate of drug-likeness (QED) is 0.631. The first-order valence-corrected chi connectivity index (χ1v) is 5.76. The third-order valence-electron chi connectivity index (χ3n) is 2.71. The van der Waals surface area contributed by atoms with Crippen molar-refractivity contribution in [3.8, 4) is 0 Å². The SMILES string of the molecule is CC[C@@H](NC(=O)c1cc([N+](=O)[O-])cc(C)c1F)C(=O)O. The molecular formula is C12H13FN2O5. The summed E-state index contributed by atoms with van der Waals surface area (Å²) < 4.78 is 13.8. The van der Waals surface area contributed by atoms with Gasteiger partial charge in [0.15, 0.2) is 0 Å². The lowest BCUT2D eigenvalue weighted by Gasteiger charge is -2.13. The van der Waals surface area contributed by atoms with Crippen LogP contribution in [-0.4, -0.2) is 27.9 Å². The van der Waals surface area contributed by atoms with Gasteiger partial charge in [0.2, 0.25) is 0 Å². The van der Waals surface area contributed by atoms with E-state index in [9.17, 15) is 24.1 Å². The number of nitrogens with one attached hydrogen (secondary N) is 1. The van der Waals surface area contributed by atoms with Gasteiger partial charge in [-0.05, 0) is 18.9 Å². The molecule has 2 N–H and O–H groups in total. The molecule has 0 heterocycles. The molecule has 1 aromatic rings. The van der Waals surface area contributed by atoms with Crippen molar-refractivity contribution in [2.24, 2.45) is 0 Å². The minimum Gasteiger partial charge on any atom is -0.480 e. The van der Waals surface area contributed by atoms with Gasteiger partial charge in [-0.2, -0.15) is 0 Å². The molecule has 1 amide bonds. The molecule has 1 atom stereocenters. The number of hydrogen-bond donors (Lipinski definition) is 2. The van der Waals surface area contributed by atoms with Gasteiger partial charge in [0.25, 0.3) is 11.6 Å². The van der Waals surface area contributed by atoms with Crippen molar-refractivity contribution < 1.29 is 24.0 Å². The van der Waals surface area contributed by atoms with E-state index in [1.54, 1.807) is 0 Å². The highest BCUT2D eigenvalue weighted by atomic mass is 19.1. The standard InChI is InChI=1S/C12H13FN2O5/c1-3-9(12(17)18)14-11(16)8-5-7(15(19)20)4-6(2)10(8)13/h4-5,9H,3H2,1-2H3,(H,14,16)(H,17,18)/t9-/m1/s1. The number of nitrogens with zero attached hydrogens (tertiary/aromatic N) is 1. The minimum absolute atomic E-state index is 0.0623. The Balaban J connectivity index is 3.15. The summed E-state index contributed by atoms with van der Waals surface area (Å²) in [4.78, 5) is 32.6. The average molecular weight is 284 g/mol. The summed E-state index contributed by atoms with van der Waals surface area (Å²) in [6.07, 6.45) is 0.108. The average Bonchev–Trinajstić information content (AvgIpc) is 2.37. The number of carboxylic acid groups (broad SMARTS) is 1. The molecule has 0 unspecified atom stereocenters. The molecule has 8 heteroatoms. The normalized spacial score (nSPS) is 11.8. The number of nitro groups is 1. The number of carbonyl (C=O) groups excluding carboxylic acids is 1. The van der Waals surface area contributed by atoms with Crippen molar-refractivity contribution in [2.75, 3.05) is 0 Å². The van der Waals surface area contributed by atoms with Gasteiger partial charge in [0, 0.05) is 12.1 Å². The number of benzene rings is 1. The smallest absolute Gasteiger partial charge is 0.326 e. The lowest BCUT2D eigenvalue weighted by atomic mass is 10.1. The summed E-state index contributed by atoms with van der Waals surface area (Å²) >= 11 is 0. The van der Waals surface area contributed by atoms with E-state index < -0.39 is 39.9 Å². The molecule has 7 nitrogen and oxygen atoms in total. The second kappa shape index (κ2) is 6.09. The van der Waals surface area contributed by atoms with Crippen molar-refractivity contribution in [1.82, 2.24) is 5.32 Å². The monoisotopic (exact) mass is 284 g/mol. The summed E-state index contributed by atoms with van der Waals surface area (Å²) in [6.45, 7) is 2.82. The summed E-state index contributed by atoms with van der Waals surface area (Å²) in [6, 6.07) is 0.605. The van der Waals surface area contributed by atoms with Crippen LogP contribution in [0.3, 0.4) is 0 Å². The molecule has 0 spiro atoms. The molecule has 1 rings (SSSR count). The van der Waals surface area contributed by atoms with Crippen LogP contribution in [0.2, 0.25) is 0 Å². The fourth-order valence-corrected chi connectivity index (χ4v) is 1.60. The number of aliphatic carboxylic acids is 1. The van der Waals surface area contributed by atoms with Crippen LogP contribution in [0.15, 0.2) is 12.1 Å². The van der Waals surface area contributed by atoms with Gasteiger partial charge in [-0.15, -0.1) is 0 Å². The fourth-order valence-electron chi connectivity index (χ4n) is 1.60. The van der Waals surface area contributed by atoms with Gasteiger partial charge < -0.3 is 10.4 Å². The van der Waals surface area contributed by atoms with Crippen molar-refractivity contribution >= 4 is 17.6 Å². The Morgan fingerprint density at radius 3 is 2.55 bits per heavy atom. The molecule has 0 aliphatic heterocycles. The van der Waals surface area contributed by atoms with E-state index in [0.29, 0.717) is 0 Å². The predicted molar refractivity (Wildman–Crippen MR) is 67.0 cm³/mol. The highest BCUT2D eigenvalue weighted by Crippen LogP contribution is 2.21. The van der Waals surface area contributed by atoms with E-state index in [0.717, 1.165) is 12.1 Å². The Morgan fingerprint density at radius 1 is 1.50 bits per heavy atom. The van der Waals surface area contributed by atoms with E-state index >= 15 is 0 Å². The van der Waals surface area contributed by atoms with Crippen LogP contribution in [0, 0.1) is 22.9 Å².